The van der Waals surface area contributed by atoms with Crippen LogP contribution in [0.3, 0.4) is 0 Å². The zero-order valence-electron chi connectivity index (χ0n) is 10.5. The van der Waals surface area contributed by atoms with Crippen LogP contribution >= 0.6 is 0 Å². The highest BCUT2D eigenvalue weighted by molar-refractivity contribution is 7.89. The van der Waals surface area contributed by atoms with Gasteiger partial charge in [-0.15, -0.1) is 0 Å². The highest BCUT2D eigenvalue weighted by Crippen LogP contribution is 2.34. The molecular weight excluding hydrogens is 252 g/mol. The fourth-order valence-corrected chi connectivity index (χ4v) is 4.26. The van der Waals surface area contributed by atoms with E-state index in [1.807, 2.05) is 13.8 Å². The van der Waals surface area contributed by atoms with Gasteiger partial charge in [0.2, 0.25) is 0 Å². The van der Waals surface area contributed by atoms with E-state index in [2.05, 4.69) is 10.4 Å². The Bertz CT molecular complexity index is 542. The number of sulfonamides is 1. The molecule has 100 valence electrons. The second-order valence-electron chi connectivity index (χ2n) is 4.99. The molecule has 1 aromatic heterocycles. The summed E-state index contributed by atoms with van der Waals surface area (Å²) >= 11 is 0. The van der Waals surface area contributed by atoms with E-state index in [0.717, 1.165) is 12.8 Å². The topological polar surface area (TPSA) is 88.3 Å². The molecule has 0 saturated carbocycles. The summed E-state index contributed by atoms with van der Waals surface area (Å²) in [4.78, 5) is 3.96. The van der Waals surface area contributed by atoms with E-state index in [4.69, 9.17) is 5.84 Å². The van der Waals surface area contributed by atoms with E-state index in [1.165, 1.54) is 10.5 Å². The number of aromatic nitrogens is 1. The van der Waals surface area contributed by atoms with Gasteiger partial charge in [-0.2, -0.15) is 4.31 Å². The summed E-state index contributed by atoms with van der Waals surface area (Å²) < 4.78 is 26.7. The monoisotopic (exact) mass is 270 g/mol. The first-order valence-electron chi connectivity index (χ1n) is 5.84. The Balaban J connectivity index is 2.49. The highest BCUT2D eigenvalue weighted by Gasteiger charge is 2.42. The molecule has 0 aromatic carbocycles. The largest absolute Gasteiger partial charge is 0.321 e. The standard InChI is InChI=1S/C11H18N4O2S/c1-11(2)6-4-8-15(11)18(16,17)10-9(14-12)5-3-7-13-10/h3,5,7,14H,4,6,8,12H2,1-2H3. The first-order valence-corrected chi connectivity index (χ1v) is 7.28. The summed E-state index contributed by atoms with van der Waals surface area (Å²) in [7, 11) is -3.61. The predicted octanol–water partition coefficient (Wildman–Crippen LogP) is 0.930. The van der Waals surface area contributed by atoms with E-state index < -0.39 is 10.0 Å². The van der Waals surface area contributed by atoms with Gasteiger partial charge in [-0.25, -0.2) is 13.4 Å². The van der Waals surface area contributed by atoms with Crippen molar-refractivity contribution in [1.29, 1.82) is 0 Å². The van der Waals surface area contributed by atoms with Crippen LogP contribution < -0.4 is 11.3 Å². The lowest BCUT2D eigenvalue weighted by atomic mass is 10.0. The lowest BCUT2D eigenvalue weighted by Gasteiger charge is -2.30. The molecule has 0 atom stereocenters. The zero-order chi connectivity index (χ0) is 13.4. The molecule has 2 heterocycles. The van der Waals surface area contributed by atoms with Gasteiger partial charge in [-0.1, -0.05) is 0 Å². The third kappa shape index (κ3) is 2.09. The van der Waals surface area contributed by atoms with Crippen LogP contribution in [0.1, 0.15) is 26.7 Å². The molecule has 0 unspecified atom stereocenters. The summed E-state index contributed by atoms with van der Waals surface area (Å²) in [5, 5.41) is -0.0116. The second-order valence-corrected chi connectivity index (χ2v) is 6.77. The Labute approximate surface area is 107 Å². The SMILES string of the molecule is CC1(C)CCCN1S(=O)(=O)c1ncccc1NN. The number of hydrazine groups is 1. The van der Waals surface area contributed by atoms with Crippen molar-refractivity contribution in [2.75, 3.05) is 12.0 Å². The van der Waals surface area contributed by atoms with Crippen molar-refractivity contribution in [2.24, 2.45) is 5.84 Å². The van der Waals surface area contributed by atoms with Gasteiger partial charge >= 0.3 is 0 Å². The van der Waals surface area contributed by atoms with Gasteiger partial charge in [-0.3, -0.25) is 5.84 Å². The smallest absolute Gasteiger partial charge is 0.263 e. The Morgan fingerprint density at radius 2 is 2.22 bits per heavy atom. The number of nitrogens with zero attached hydrogens (tertiary/aromatic N) is 2. The van der Waals surface area contributed by atoms with E-state index in [-0.39, 0.29) is 10.6 Å². The van der Waals surface area contributed by atoms with Gasteiger partial charge < -0.3 is 5.43 Å². The molecule has 1 saturated heterocycles. The van der Waals surface area contributed by atoms with Gasteiger partial charge in [0.15, 0.2) is 5.03 Å². The molecule has 0 radical (unpaired) electrons. The molecule has 7 heteroatoms. The van der Waals surface area contributed by atoms with Crippen LogP contribution in [0.4, 0.5) is 5.69 Å². The van der Waals surface area contributed by atoms with E-state index in [0.29, 0.717) is 12.2 Å². The van der Waals surface area contributed by atoms with Gasteiger partial charge in [0, 0.05) is 18.3 Å². The fourth-order valence-electron chi connectivity index (χ4n) is 2.34. The minimum Gasteiger partial charge on any atom is -0.321 e. The minimum absolute atomic E-state index is 0.0116. The zero-order valence-corrected chi connectivity index (χ0v) is 11.4. The molecule has 3 N–H and O–H groups in total. The summed E-state index contributed by atoms with van der Waals surface area (Å²) in [5.41, 5.74) is 2.33. The van der Waals surface area contributed by atoms with Crippen molar-refractivity contribution < 1.29 is 8.42 Å². The van der Waals surface area contributed by atoms with E-state index in [1.54, 1.807) is 12.1 Å². The summed E-state index contributed by atoms with van der Waals surface area (Å²) in [6, 6.07) is 3.24. The number of anilines is 1. The van der Waals surface area contributed by atoms with Crippen LogP contribution in [0, 0.1) is 0 Å². The molecule has 18 heavy (non-hydrogen) atoms. The number of nitrogens with two attached hydrogens (primary N) is 1. The molecule has 1 aromatic rings. The number of rotatable bonds is 3. The van der Waals surface area contributed by atoms with Crippen LogP contribution in [0.2, 0.25) is 0 Å². The second kappa shape index (κ2) is 4.49. The number of hydrogen-bond acceptors (Lipinski definition) is 5. The van der Waals surface area contributed by atoms with Gasteiger partial charge in [0.1, 0.15) is 0 Å². The van der Waals surface area contributed by atoms with Crippen molar-refractivity contribution in [2.45, 2.75) is 37.3 Å². The minimum atomic E-state index is -3.61. The van der Waals surface area contributed by atoms with Crippen molar-refractivity contribution >= 4 is 15.7 Å². The van der Waals surface area contributed by atoms with Crippen LogP contribution in [-0.4, -0.2) is 29.8 Å². The first kappa shape index (κ1) is 13.3. The van der Waals surface area contributed by atoms with Gasteiger partial charge in [-0.05, 0) is 38.8 Å². The van der Waals surface area contributed by atoms with Gasteiger partial charge in [0.05, 0.1) is 5.69 Å². The molecule has 0 amide bonds. The highest BCUT2D eigenvalue weighted by atomic mass is 32.2. The number of nitrogens with one attached hydrogen (secondary N) is 1. The number of hydrogen-bond donors (Lipinski definition) is 2. The first-order chi connectivity index (χ1) is 8.39. The summed E-state index contributed by atoms with van der Waals surface area (Å²) in [6.45, 7) is 4.38. The van der Waals surface area contributed by atoms with E-state index >= 15 is 0 Å². The Hall–Kier alpha value is -1.18. The molecule has 1 aliphatic heterocycles. The predicted molar refractivity (Wildman–Crippen MR) is 69.3 cm³/mol. The Morgan fingerprint density at radius 1 is 1.50 bits per heavy atom. The number of nitrogen functional groups attached to an aromatic ring is 1. The normalized spacial score (nSPS) is 19.9. The third-order valence-corrected chi connectivity index (χ3v) is 5.36. The molecule has 1 aliphatic rings. The lowest BCUT2D eigenvalue weighted by Crippen LogP contribution is -2.43. The molecule has 1 fully saturated rings. The Kier molecular flexibility index (Phi) is 3.31. The maximum Gasteiger partial charge on any atom is 0.263 e. The molecule has 0 aliphatic carbocycles. The summed E-state index contributed by atoms with van der Waals surface area (Å²) in [6.07, 6.45) is 3.17. The number of pyridine rings is 1. The maximum absolute atomic E-state index is 12.6. The van der Waals surface area contributed by atoms with Crippen molar-refractivity contribution in [3.8, 4) is 0 Å². The Morgan fingerprint density at radius 3 is 2.78 bits per heavy atom. The van der Waals surface area contributed by atoms with E-state index in [9.17, 15) is 8.42 Å². The van der Waals surface area contributed by atoms with Crippen LogP contribution in [0.15, 0.2) is 23.4 Å². The van der Waals surface area contributed by atoms with Crippen LogP contribution in [-0.2, 0) is 10.0 Å². The lowest BCUT2D eigenvalue weighted by molar-refractivity contribution is 0.291. The quantitative estimate of drug-likeness (QED) is 0.630. The fraction of sp³-hybridized carbons (Fsp3) is 0.545. The van der Waals surface area contributed by atoms with Crippen molar-refractivity contribution in [3.63, 3.8) is 0 Å². The molecule has 6 nitrogen and oxygen atoms in total. The average molecular weight is 270 g/mol. The third-order valence-electron chi connectivity index (χ3n) is 3.29. The maximum atomic E-state index is 12.6. The van der Waals surface area contributed by atoms with Gasteiger partial charge in [0.25, 0.3) is 10.0 Å². The van der Waals surface area contributed by atoms with Crippen LogP contribution in [0.5, 0.6) is 0 Å². The molecule has 0 spiro atoms. The summed E-state index contributed by atoms with van der Waals surface area (Å²) in [5.74, 6) is 5.34. The average Bonchev–Trinajstić information content (AvgIpc) is 2.69. The molecular formula is C11H18N4O2S. The van der Waals surface area contributed by atoms with Crippen LogP contribution in [0.25, 0.3) is 0 Å². The molecule has 0 bridgehead atoms. The molecule has 2 rings (SSSR count). The van der Waals surface area contributed by atoms with Crippen molar-refractivity contribution in [3.05, 3.63) is 18.3 Å². The van der Waals surface area contributed by atoms with Crippen molar-refractivity contribution in [1.82, 2.24) is 9.29 Å².